The topological polar surface area (TPSA) is 59.7 Å². The van der Waals surface area contributed by atoms with Crippen molar-refractivity contribution in [3.63, 3.8) is 0 Å². The summed E-state index contributed by atoms with van der Waals surface area (Å²) in [7, 11) is 2.19. The lowest BCUT2D eigenvalue weighted by molar-refractivity contribution is 0.213. The van der Waals surface area contributed by atoms with Gasteiger partial charge < -0.3 is 4.90 Å². The van der Waals surface area contributed by atoms with Crippen LogP contribution in [0.15, 0.2) is 6.07 Å². The van der Waals surface area contributed by atoms with Crippen molar-refractivity contribution in [3.05, 3.63) is 23.4 Å². The Labute approximate surface area is 149 Å². The van der Waals surface area contributed by atoms with Gasteiger partial charge in [-0.25, -0.2) is 19.6 Å². The van der Waals surface area contributed by atoms with Crippen LogP contribution in [0.2, 0.25) is 0 Å². The van der Waals surface area contributed by atoms with Crippen LogP contribution in [-0.4, -0.2) is 49.8 Å². The standard InChI is InChI=1S/C19H28N6/c1-13-12-17(21-14(2)20-13)19-22-18(15-6-4-5-7-15)23-25(19)16-8-10-24(3)11-9-16/h12,15-16H,4-11H2,1-3H3. The maximum absolute atomic E-state index is 5.00. The third-order valence-electron chi connectivity index (χ3n) is 5.60. The Kier molecular flexibility index (Phi) is 4.54. The molecular weight excluding hydrogens is 312 g/mol. The average Bonchev–Trinajstić information content (AvgIpc) is 3.24. The second-order valence-corrected chi connectivity index (χ2v) is 7.70. The van der Waals surface area contributed by atoms with E-state index in [4.69, 9.17) is 10.1 Å². The average molecular weight is 340 g/mol. The van der Waals surface area contributed by atoms with Gasteiger partial charge in [0.1, 0.15) is 11.5 Å². The summed E-state index contributed by atoms with van der Waals surface area (Å²) in [6.45, 7) is 6.20. The monoisotopic (exact) mass is 340 g/mol. The van der Waals surface area contributed by atoms with Gasteiger partial charge in [-0.1, -0.05) is 12.8 Å². The summed E-state index contributed by atoms with van der Waals surface area (Å²) in [6, 6.07) is 2.46. The van der Waals surface area contributed by atoms with Gasteiger partial charge in [-0.3, -0.25) is 0 Å². The lowest BCUT2D eigenvalue weighted by Crippen LogP contribution is -2.32. The highest BCUT2D eigenvalue weighted by molar-refractivity contribution is 5.50. The molecule has 1 aliphatic carbocycles. The number of hydrogen-bond acceptors (Lipinski definition) is 5. The van der Waals surface area contributed by atoms with E-state index < -0.39 is 0 Å². The molecule has 1 aliphatic heterocycles. The Morgan fingerprint density at radius 2 is 1.68 bits per heavy atom. The second kappa shape index (κ2) is 6.83. The van der Waals surface area contributed by atoms with E-state index in [-0.39, 0.29) is 0 Å². The van der Waals surface area contributed by atoms with E-state index in [9.17, 15) is 0 Å². The fraction of sp³-hybridized carbons (Fsp3) is 0.684. The molecule has 2 aromatic rings. The molecule has 2 aliphatic rings. The maximum atomic E-state index is 5.00. The van der Waals surface area contributed by atoms with E-state index in [1.165, 1.54) is 25.7 Å². The minimum atomic E-state index is 0.421. The van der Waals surface area contributed by atoms with Crippen LogP contribution in [0.4, 0.5) is 0 Å². The van der Waals surface area contributed by atoms with Crippen LogP contribution in [0, 0.1) is 13.8 Å². The molecule has 0 aromatic carbocycles. The molecule has 2 fully saturated rings. The van der Waals surface area contributed by atoms with Crippen molar-refractivity contribution in [1.29, 1.82) is 0 Å². The molecule has 0 bridgehead atoms. The van der Waals surface area contributed by atoms with Crippen molar-refractivity contribution in [2.45, 2.75) is 64.3 Å². The molecule has 0 amide bonds. The van der Waals surface area contributed by atoms with E-state index in [0.29, 0.717) is 12.0 Å². The number of likely N-dealkylation sites (tertiary alicyclic amines) is 1. The van der Waals surface area contributed by atoms with Crippen molar-refractivity contribution in [1.82, 2.24) is 29.6 Å². The van der Waals surface area contributed by atoms with Crippen LogP contribution in [0.25, 0.3) is 11.5 Å². The zero-order valence-electron chi connectivity index (χ0n) is 15.6. The van der Waals surface area contributed by atoms with E-state index >= 15 is 0 Å². The summed E-state index contributed by atoms with van der Waals surface area (Å²) >= 11 is 0. The van der Waals surface area contributed by atoms with Gasteiger partial charge in [0.2, 0.25) is 0 Å². The molecule has 6 heteroatoms. The Bertz CT molecular complexity index is 718. The number of rotatable bonds is 3. The van der Waals surface area contributed by atoms with Gasteiger partial charge in [0.25, 0.3) is 0 Å². The summed E-state index contributed by atoms with van der Waals surface area (Å²) in [5.74, 6) is 3.29. The van der Waals surface area contributed by atoms with Crippen LogP contribution in [-0.2, 0) is 0 Å². The third kappa shape index (κ3) is 3.45. The number of piperidine rings is 1. The van der Waals surface area contributed by atoms with Crippen LogP contribution >= 0.6 is 0 Å². The van der Waals surface area contributed by atoms with Crippen molar-refractivity contribution in [2.75, 3.05) is 20.1 Å². The van der Waals surface area contributed by atoms with E-state index in [2.05, 4.69) is 26.6 Å². The Hall–Kier alpha value is -1.82. The molecule has 1 saturated heterocycles. The first-order valence-corrected chi connectivity index (χ1v) is 9.58. The van der Waals surface area contributed by atoms with Crippen molar-refractivity contribution in [3.8, 4) is 11.5 Å². The van der Waals surface area contributed by atoms with Gasteiger partial charge in [-0.05, 0) is 65.7 Å². The summed E-state index contributed by atoms with van der Waals surface area (Å²) in [5.41, 5.74) is 1.91. The molecule has 0 atom stereocenters. The third-order valence-corrected chi connectivity index (χ3v) is 5.60. The van der Waals surface area contributed by atoms with Crippen LogP contribution < -0.4 is 0 Å². The molecule has 0 unspecified atom stereocenters. The first kappa shape index (κ1) is 16.6. The highest BCUT2D eigenvalue weighted by Gasteiger charge is 2.28. The first-order valence-electron chi connectivity index (χ1n) is 9.58. The fourth-order valence-electron chi connectivity index (χ4n) is 4.20. The highest BCUT2D eigenvalue weighted by Crippen LogP contribution is 2.35. The van der Waals surface area contributed by atoms with Crippen molar-refractivity contribution < 1.29 is 0 Å². The molecule has 4 rings (SSSR count). The van der Waals surface area contributed by atoms with E-state index in [1.54, 1.807) is 0 Å². The number of aromatic nitrogens is 5. The summed E-state index contributed by atoms with van der Waals surface area (Å²) in [6.07, 6.45) is 7.29. The van der Waals surface area contributed by atoms with E-state index in [1.807, 2.05) is 19.9 Å². The van der Waals surface area contributed by atoms with Gasteiger partial charge in [0.05, 0.1) is 6.04 Å². The maximum Gasteiger partial charge on any atom is 0.177 e. The van der Waals surface area contributed by atoms with Gasteiger partial charge in [0, 0.05) is 11.6 Å². The quantitative estimate of drug-likeness (QED) is 0.858. The minimum absolute atomic E-state index is 0.421. The van der Waals surface area contributed by atoms with Crippen LogP contribution in [0.5, 0.6) is 0 Å². The molecular formula is C19H28N6. The molecule has 3 heterocycles. The summed E-state index contributed by atoms with van der Waals surface area (Å²) in [4.78, 5) is 16.5. The number of nitrogens with zero attached hydrogens (tertiary/aromatic N) is 6. The van der Waals surface area contributed by atoms with Gasteiger partial charge in [0.15, 0.2) is 11.6 Å². The van der Waals surface area contributed by atoms with Gasteiger partial charge in [-0.2, -0.15) is 5.10 Å². The summed E-state index contributed by atoms with van der Waals surface area (Å²) in [5, 5.41) is 5.00. The van der Waals surface area contributed by atoms with Crippen molar-refractivity contribution in [2.24, 2.45) is 0 Å². The van der Waals surface area contributed by atoms with Gasteiger partial charge >= 0.3 is 0 Å². The predicted molar refractivity (Wildman–Crippen MR) is 97.5 cm³/mol. The molecule has 25 heavy (non-hydrogen) atoms. The normalized spacial score (nSPS) is 20.4. The smallest absolute Gasteiger partial charge is 0.177 e. The van der Waals surface area contributed by atoms with E-state index in [0.717, 1.165) is 54.8 Å². The molecule has 6 nitrogen and oxygen atoms in total. The minimum Gasteiger partial charge on any atom is -0.306 e. The second-order valence-electron chi connectivity index (χ2n) is 7.70. The molecule has 1 saturated carbocycles. The largest absolute Gasteiger partial charge is 0.306 e. The molecule has 0 N–H and O–H groups in total. The lowest BCUT2D eigenvalue weighted by Gasteiger charge is -2.29. The molecule has 134 valence electrons. The van der Waals surface area contributed by atoms with Crippen molar-refractivity contribution >= 4 is 0 Å². The van der Waals surface area contributed by atoms with Crippen LogP contribution in [0.3, 0.4) is 0 Å². The first-order chi connectivity index (χ1) is 12.1. The zero-order chi connectivity index (χ0) is 17.4. The van der Waals surface area contributed by atoms with Gasteiger partial charge in [-0.15, -0.1) is 0 Å². The Morgan fingerprint density at radius 1 is 0.960 bits per heavy atom. The lowest BCUT2D eigenvalue weighted by atomic mass is 10.1. The predicted octanol–water partition coefficient (Wildman–Crippen LogP) is 3.28. The Morgan fingerprint density at radius 3 is 2.36 bits per heavy atom. The SMILES string of the molecule is Cc1cc(-c2nc(C3CCCC3)nn2C2CCN(C)CC2)nc(C)n1. The number of hydrogen-bond donors (Lipinski definition) is 0. The zero-order valence-corrected chi connectivity index (χ0v) is 15.6. The number of aryl methyl sites for hydroxylation is 2. The highest BCUT2D eigenvalue weighted by atomic mass is 15.4. The Balaban J connectivity index is 1.74. The summed E-state index contributed by atoms with van der Waals surface area (Å²) < 4.78 is 2.18. The molecule has 2 aromatic heterocycles. The molecule has 0 spiro atoms. The van der Waals surface area contributed by atoms with Crippen LogP contribution in [0.1, 0.15) is 67.8 Å². The fourth-order valence-corrected chi connectivity index (χ4v) is 4.20. The molecule has 0 radical (unpaired) electrons.